The second-order valence-electron chi connectivity index (χ2n) is 3.46. The molecular weight excluding hydrogens is 249 g/mol. The van der Waals surface area contributed by atoms with Gasteiger partial charge < -0.3 is 5.73 Å². The van der Waals surface area contributed by atoms with E-state index in [-0.39, 0.29) is 12.3 Å². The number of hydrazone groups is 1. The van der Waals surface area contributed by atoms with Gasteiger partial charge in [0.15, 0.2) is 0 Å². The van der Waals surface area contributed by atoms with Crippen molar-refractivity contribution in [3.05, 3.63) is 33.8 Å². The van der Waals surface area contributed by atoms with E-state index in [4.69, 9.17) is 28.9 Å². The highest BCUT2D eigenvalue weighted by molar-refractivity contribution is 6.33. The van der Waals surface area contributed by atoms with Crippen molar-refractivity contribution in [3.8, 4) is 0 Å². The average Bonchev–Trinajstić information content (AvgIpc) is 2.51. The van der Waals surface area contributed by atoms with Gasteiger partial charge in [0.2, 0.25) is 0 Å². The number of halogens is 2. The summed E-state index contributed by atoms with van der Waals surface area (Å²) < 4.78 is 0. The molecule has 0 fully saturated rings. The highest BCUT2D eigenvalue weighted by Gasteiger charge is 2.22. The van der Waals surface area contributed by atoms with Crippen molar-refractivity contribution in [2.45, 2.75) is 13.0 Å². The molecule has 0 saturated carbocycles. The summed E-state index contributed by atoms with van der Waals surface area (Å²) in [6, 6.07) is 5.09. The number of hydrogen-bond acceptors (Lipinski definition) is 3. The summed E-state index contributed by atoms with van der Waals surface area (Å²) in [4.78, 5) is 11.4. The minimum atomic E-state index is -0.131. The Hall–Kier alpha value is -1.26. The Morgan fingerprint density at radius 2 is 2.19 bits per heavy atom. The van der Waals surface area contributed by atoms with Crippen LogP contribution in [0.4, 0.5) is 0 Å². The van der Waals surface area contributed by atoms with Gasteiger partial charge in [0.05, 0.1) is 13.0 Å². The van der Waals surface area contributed by atoms with E-state index < -0.39 is 0 Å². The topological polar surface area (TPSA) is 58.7 Å². The number of hydrogen-bond donors (Lipinski definition) is 1. The fraction of sp³-hybridized carbons (Fsp3) is 0.200. The summed E-state index contributed by atoms with van der Waals surface area (Å²) in [7, 11) is 0. The average molecular weight is 258 g/mol. The first kappa shape index (κ1) is 11.2. The first-order valence-corrected chi connectivity index (χ1v) is 5.39. The van der Waals surface area contributed by atoms with Crippen LogP contribution in [0.2, 0.25) is 10.0 Å². The molecule has 0 atom stereocenters. The summed E-state index contributed by atoms with van der Waals surface area (Å²) in [5.41, 5.74) is 6.22. The number of amidine groups is 1. The Bertz CT molecular complexity index is 473. The lowest BCUT2D eigenvalue weighted by atomic mass is 10.2. The maximum Gasteiger partial charge on any atom is 0.250 e. The van der Waals surface area contributed by atoms with Gasteiger partial charge in [-0.05, 0) is 23.8 Å². The number of carbonyl (C=O) groups is 1. The van der Waals surface area contributed by atoms with Crippen molar-refractivity contribution >= 4 is 34.9 Å². The van der Waals surface area contributed by atoms with Crippen LogP contribution in [0.15, 0.2) is 23.3 Å². The van der Waals surface area contributed by atoms with E-state index >= 15 is 0 Å². The fourth-order valence-electron chi connectivity index (χ4n) is 1.44. The molecule has 0 aromatic heterocycles. The Labute approximate surface area is 103 Å². The van der Waals surface area contributed by atoms with Gasteiger partial charge in [0, 0.05) is 10.0 Å². The van der Waals surface area contributed by atoms with Gasteiger partial charge in [-0.2, -0.15) is 5.10 Å². The zero-order valence-corrected chi connectivity index (χ0v) is 9.79. The van der Waals surface area contributed by atoms with Gasteiger partial charge in [0.1, 0.15) is 5.84 Å². The van der Waals surface area contributed by atoms with Crippen LogP contribution >= 0.6 is 23.2 Å². The van der Waals surface area contributed by atoms with E-state index in [0.717, 1.165) is 5.56 Å². The number of amides is 1. The molecule has 2 N–H and O–H groups in total. The monoisotopic (exact) mass is 257 g/mol. The van der Waals surface area contributed by atoms with E-state index in [1.165, 1.54) is 5.01 Å². The van der Waals surface area contributed by atoms with Crippen LogP contribution < -0.4 is 5.73 Å². The van der Waals surface area contributed by atoms with E-state index in [1.54, 1.807) is 18.2 Å². The summed E-state index contributed by atoms with van der Waals surface area (Å²) in [6.45, 7) is 0.291. The van der Waals surface area contributed by atoms with Crippen LogP contribution in [-0.4, -0.2) is 16.8 Å². The van der Waals surface area contributed by atoms with Gasteiger partial charge >= 0.3 is 0 Å². The third kappa shape index (κ3) is 2.28. The molecule has 1 aliphatic heterocycles. The van der Waals surface area contributed by atoms with Gasteiger partial charge in [-0.25, -0.2) is 5.01 Å². The molecule has 0 spiro atoms. The van der Waals surface area contributed by atoms with Crippen LogP contribution in [-0.2, 0) is 11.3 Å². The third-order valence-corrected chi connectivity index (χ3v) is 2.80. The zero-order chi connectivity index (χ0) is 11.7. The molecule has 1 aliphatic rings. The minimum Gasteiger partial charge on any atom is -0.385 e. The van der Waals surface area contributed by atoms with Gasteiger partial charge in [-0.3, -0.25) is 4.79 Å². The number of carbonyl (C=O) groups excluding carboxylic acids is 1. The molecule has 1 aromatic carbocycles. The SMILES string of the molecule is NC1=NN(Cc2cc(Cl)ccc2Cl)C(=O)C1. The summed E-state index contributed by atoms with van der Waals surface area (Å²) in [5, 5.41) is 6.34. The molecule has 0 aliphatic carbocycles. The molecule has 0 unspecified atom stereocenters. The number of nitrogens with two attached hydrogens (primary N) is 1. The second kappa shape index (κ2) is 4.31. The predicted octanol–water partition coefficient (Wildman–Crippen LogP) is 2.00. The number of benzene rings is 1. The Morgan fingerprint density at radius 3 is 2.81 bits per heavy atom. The van der Waals surface area contributed by atoms with E-state index in [9.17, 15) is 4.79 Å². The predicted molar refractivity (Wildman–Crippen MR) is 63.3 cm³/mol. The Kier molecular flexibility index (Phi) is 3.03. The molecular formula is C10H9Cl2N3O. The lowest BCUT2D eigenvalue weighted by Crippen LogP contribution is -2.20. The van der Waals surface area contributed by atoms with Crippen molar-refractivity contribution in [1.82, 2.24) is 5.01 Å². The Balaban J connectivity index is 2.21. The van der Waals surface area contributed by atoms with Gasteiger partial charge in [-0.15, -0.1) is 0 Å². The van der Waals surface area contributed by atoms with E-state index in [0.29, 0.717) is 22.4 Å². The lowest BCUT2D eigenvalue weighted by molar-refractivity contribution is -0.129. The molecule has 1 aromatic rings. The molecule has 2 rings (SSSR count). The maximum absolute atomic E-state index is 11.4. The smallest absolute Gasteiger partial charge is 0.250 e. The molecule has 1 amide bonds. The van der Waals surface area contributed by atoms with E-state index in [2.05, 4.69) is 5.10 Å². The maximum atomic E-state index is 11.4. The van der Waals surface area contributed by atoms with Crippen LogP contribution in [0.3, 0.4) is 0 Å². The minimum absolute atomic E-state index is 0.131. The highest BCUT2D eigenvalue weighted by atomic mass is 35.5. The molecule has 4 nitrogen and oxygen atoms in total. The summed E-state index contributed by atoms with van der Waals surface area (Å²) >= 11 is 11.8. The van der Waals surface area contributed by atoms with Gasteiger partial charge in [0.25, 0.3) is 5.91 Å². The quantitative estimate of drug-likeness (QED) is 0.881. The van der Waals surface area contributed by atoms with E-state index in [1.807, 2.05) is 0 Å². The van der Waals surface area contributed by atoms with Crippen molar-refractivity contribution in [2.75, 3.05) is 0 Å². The van der Waals surface area contributed by atoms with Crippen LogP contribution in [0.5, 0.6) is 0 Å². The van der Waals surface area contributed by atoms with Crippen LogP contribution in [0.25, 0.3) is 0 Å². The van der Waals surface area contributed by atoms with Crippen molar-refractivity contribution in [3.63, 3.8) is 0 Å². The third-order valence-electron chi connectivity index (χ3n) is 2.20. The zero-order valence-electron chi connectivity index (χ0n) is 8.28. The molecule has 0 radical (unpaired) electrons. The summed E-state index contributed by atoms with van der Waals surface area (Å²) in [5.74, 6) is 0.191. The molecule has 1 heterocycles. The molecule has 6 heteroatoms. The first-order chi connectivity index (χ1) is 7.56. The van der Waals surface area contributed by atoms with Gasteiger partial charge in [-0.1, -0.05) is 23.2 Å². The second-order valence-corrected chi connectivity index (χ2v) is 4.30. The first-order valence-electron chi connectivity index (χ1n) is 4.63. The van der Waals surface area contributed by atoms with Crippen molar-refractivity contribution in [2.24, 2.45) is 10.8 Å². The molecule has 0 saturated heterocycles. The summed E-state index contributed by atoms with van der Waals surface area (Å²) in [6.07, 6.45) is 0.165. The largest absolute Gasteiger partial charge is 0.385 e. The standard InChI is InChI=1S/C10H9Cl2N3O/c11-7-1-2-8(12)6(3-7)5-15-10(16)4-9(13)14-15/h1-3H,4-5H2,(H2,13,14). The number of nitrogens with zero attached hydrogens (tertiary/aromatic N) is 2. The van der Waals surface area contributed by atoms with Crippen molar-refractivity contribution in [1.29, 1.82) is 0 Å². The van der Waals surface area contributed by atoms with Crippen LogP contribution in [0.1, 0.15) is 12.0 Å². The van der Waals surface area contributed by atoms with Crippen molar-refractivity contribution < 1.29 is 4.79 Å². The Morgan fingerprint density at radius 1 is 1.44 bits per heavy atom. The number of rotatable bonds is 2. The van der Waals surface area contributed by atoms with Crippen LogP contribution in [0, 0.1) is 0 Å². The highest BCUT2D eigenvalue weighted by Crippen LogP contribution is 2.23. The normalized spacial score (nSPS) is 15.5. The molecule has 0 bridgehead atoms. The lowest BCUT2D eigenvalue weighted by Gasteiger charge is -2.12. The molecule has 16 heavy (non-hydrogen) atoms. The molecule has 84 valence electrons. The fourth-order valence-corrected chi connectivity index (χ4v) is 1.81.